The SMILES string of the molecule is Cc1ccc(C(=O)Nc2cc(C(=O)NCCCN3CCCC3=O)ccc2N2CCN(c3ccccc3C)CC2)s1. The van der Waals surface area contributed by atoms with Crippen LogP contribution in [0.15, 0.2) is 54.6 Å². The van der Waals surface area contributed by atoms with Crippen LogP contribution in [-0.2, 0) is 4.79 Å². The van der Waals surface area contributed by atoms with Crippen molar-refractivity contribution in [3.8, 4) is 0 Å². The normalized spacial score (nSPS) is 15.4. The van der Waals surface area contributed by atoms with Gasteiger partial charge in [-0.25, -0.2) is 0 Å². The molecule has 40 heavy (non-hydrogen) atoms. The summed E-state index contributed by atoms with van der Waals surface area (Å²) in [4.78, 5) is 46.2. The zero-order chi connectivity index (χ0) is 28.1. The highest BCUT2D eigenvalue weighted by molar-refractivity contribution is 7.14. The van der Waals surface area contributed by atoms with Crippen molar-refractivity contribution in [1.29, 1.82) is 0 Å². The first-order chi connectivity index (χ1) is 19.4. The fraction of sp³-hybridized carbons (Fsp3) is 0.387. The van der Waals surface area contributed by atoms with E-state index in [1.54, 1.807) is 6.07 Å². The first-order valence-corrected chi connectivity index (χ1v) is 14.8. The number of benzene rings is 2. The molecule has 3 amide bonds. The number of aryl methyl sites for hydroxylation is 2. The van der Waals surface area contributed by atoms with Crippen molar-refractivity contribution in [2.75, 3.05) is 60.9 Å². The summed E-state index contributed by atoms with van der Waals surface area (Å²) in [6.07, 6.45) is 2.25. The van der Waals surface area contributed by atoms with Gasteiger partial charge >= 0.3 is 0 Å². The molecular formula is C31H37N5O3S. The van der Waals surface area contributed by atoms with E-state index in [9.17, 15) is 14.4 Å². The van der Waals surface area contributed by atoms with Crippen LogP contribution in [0.2, 0.25) is 0 Å². The summed E-state index contributed by atoms with van der Waals surface area (Å²) in [7, 11) is 0. The zero-order valence-electron chi connectivity index (χ0n) is 23.2. The number of amides is 3. The summed E-state index contributed by atoms with van der Waals surface area (Å²) < 4.78 is 0. The highest BCUT2D eigenvalue weighted by Crippen LogP contribution is 2.31. The Morgan fingerprint density at radius 2 is 1.62 bits per heavy atom. The number of carbonyl (C=O) groups excluding carboxylic acids is 3. The quantitative estimate of drug-likeness (QED) is 0.372. The van der Waals surface area contributed by atoms with Gasteiger partial charge in [-0.05, 0) is 68.7 Å². The fourth-order valence-corrected chi connectivity index (χ4v) is 6.18. The van der Waals surface area contributed by atoms with Crippen LogP contribution in [0.25, 0.3) is 0 Å². The minimum atomic E-state index is -0.189. The number of nitrogens with zero attached hydrogens (tertiary/aromatic N) is 3. The highest BCUT2D eigenvalue weighted by atomic mass is 32.1. The number of hydrogen-bond donors (Lipinski definition) is 2. The molecule has 210 valence electrons. The largest absolute Gasteiger partial charge is 0.368 e. The Bertz CT molecular complexity index is 1380. The summed E-state index contributed by atoms with van der Waals surface area (Å²) >= 11 is 1.45. The highest BCUT2D eigenvalue weighted by Gasteiger charge is 2.23. The second-order valence-corrected chi connectivity index (χ2v) is 11.7. The molecule has 0 bridgehead atoms. The van der Waals surface area contributed by atoms with Gasteiger partial charge in [0.1, 0.15) is 0 Å². The summed E-state index contributed by atoms with van der Waals surface area (Å²) in [6, 6.07) is 17.7. The van der Waals surface area contributed by atoms with Gasteiger partial charge in [-0.2, -0.15) is 0 Å². The molecule has 9 heteroatoms. The third-order valence-electron chi connectivity index (χ3n) is 7.61. The standard InChI is InChI=1S/C31H37N5O3S/c1-22-7-3-4-8-26(22)34-17-19-35(20-18-34)27-12-11-24(21-25(27)33-31(39)28-13-10-23(2)40-28)30(38)32-14-6-16-36-15-5-9-29(36)37/h3-4,7-8,10-13,21H,5-6,9,14-20H2,1-2H3,(H,32,38)(H,33,39). The maximum atomic E-state index is 13.1. The Hall–Kier alpha value is -3.85. The molecule has 0 atom stereocenters. The number of piperazine rings is 1. The van der Waals surface area contributed by atoms with Crippen molar-refractivity contribution in [2.24, 2.45) is 0 Å². The summed E-state index contributed by atoms with van der Waals surface area (Å²) in [6.45, 7) is 9.40. The van der Waals surface area contributed by atoms with Crippen LogP contribution in [0, 0.1) is 13.8 Å². The van der Waals surface area contributed by atoms with Gasteiger partial charge in [0, 0.05) is 68.4 Å². The monoisotopic (exact) mass is 559 g/mol. The van der Waals surface area contributed by atoms with Crippen molar-refractivity contribution in [1.82, 2.24) is 10.2 Å². The van der Waals surface area contributed by atoms with Crippen molar-refractivity contribution in [3.05, 3.63) is 75.5 Å². The molecular weight excluding hydrogens is 522 g/mol. The second kappa shape index (κ2) is 12.6. The van der Waals surface area contributed by atoms with Crippen molar-refractivity contribution in [3.63, 3.8) is 0 Å². The van der Waals surface area contributed by atoms with Gasteiger partial charge in [0.15, 0.2) is 0 Å². The topological polar surface area (TPSA) is 85.0 Å². The summed E-state index contributed by atoms with van der Waals surface area (Å²) in [5.41, 5.74) is 4.56. The maximum Gasteiger partial charge on any atom is 0.265 e. The smallest absolute Gasteiger partial charge is 0.265 e. The number of para-hydroxylation sites is 1. The first-order valence-electron chi connectivity index (χ1n) is 14.0. The van der Waals surface area contributed by atoms with Crippen LogP contribution in [0.1, 0.15) is 49.7 Å². The van der Waals surface area contributed by atoms with E-state index in [-0.39, 0.29) is 17.7 Å². The van der Waals surface area contributed by atoms with E-state index in [4.69, 9.17) is 0 Å². The average molecular weight is 560 g/mol. The van der Waals surface area contributed by atoms with Crippen molar-refractivity contribution < 1.29 is 14.4 Å². The number of rotatable bonds is 9. The lowest BCUT2D eigenvalue weighted by atomic mass is 10.1. The van der Waals surface area contributed by atoms with Crippen LogP contribution in [0.5, 0.6) is 0 Å². The third kappa shape index (κ3) is 6.47. The predicted octanol–water partition coefficient (Wildman–Crippen LogP) is 4.69. The number of nitrogens with one attached hydrogen (secondary N) is 2. The van der Waals surface area contributed by atoms with E-state index in [1.807, 2.05) is 36.1 Å². The number of carbonyl (C=O) groups is 3. The van der Waals surface area contributed by atoms with Gasteiger partial charge in [0.2, 0.25) is 5.91 Å². The fourth-order valence-electron chi connectivity index (χ4n) is 5.41. The van der Waals surface area contributed by atoms with E-state index in [0.717, 1.165) is 49.7 Å². The number of hydrogen-bond acceptors (Lipinski definition) is 6. The minimum Gasteiger partial charge on any atom is -0.368 e. The predicted molar refractivity (Wildman–Crippen MR) is 162 cm³/mol. The number of likely N-dealkylation sites (tertiary alicyclic amines) is 1. The number of anilines is 3. The Labute approximate surface area is 240 Å². The van der Waals surface area contributed by atoms with E-state index in [2.05, 4.69) is 51.6 Å². The molecule has 0 unspecified atom stereocenters. The molecule has 2 aliphatic heterocycles. The third-order valence-corrected chi connectivity index (χ3v) is 8.61. The Kier molecular flexibility index (Phi) is 8.69. The molecule has 0 radical (unpaired) electrons. The van der Waals surface area contributed by atoms with Crippen LogP contribution < -0.4 is 20.4 Å². The van der Waals surface area contributed by atoms with E-state index < -0.39 is 0 Å². The van der Waals surface area contributed by atoms with E-state index in [0.29, 0.717) is 42.1 Å². The molecule has 3 aromatic rings. The molecule has 1 aromatic heterocycles. The Balaban J connectivity index is 1.28. The lowest BCUT2D eigenvalue weighted by Crippen LogP contribution is -2.47. The van der Waals surface area contributed by atoms with Crippen LogP contribution >= 0.6 is 11.3 Å². The molecule has 5 rings (SSSR count). The molecule has 0 aliphatic carbocycles. The molecule has 8 nitrogen and oxygen atoms in total. The van der Waals surface area contributed by atoms with Gasteiger partial charge in [-0.15, -0.1) is 11.3 Å². The molecule has 2 aliphatic rings. The van der Waals surface area contributed by atoms with Crippen LogP contribution in [-0.4, -0.2) is 68.4 Å². The second-order valence-electron chi connectivity index (χ2n) is 10.5. The van der Waals surface area contributed by atoms with Crippen molar-refractivity contribution in [2.45, 2.75) is 33.1 Å². The van der Waals surface area contributed by atoms with Gasteiger partial charge in [0.05, 0.1) is 16.3 Å². The van der Waals surface area contributed by atoms with Gasteiger partial charge in [-0.1, -0.05) is 18.2 Å². The van der Waals surface area contributed by atoms with Crippen LogP contribution in [0.3, 0.4) is 0 Å². The minimum absolute atomic E-state index is 0.175. The Morgan fingerprint density at radius 3 is 2.30 bits per heavy atom. The molecule has 2 aromatic carbocycles. The first kappa shape index (κ1) is 27.7. The lowest BCUT2D eigenvalue weighted by molar-refractivity contribution is -0.127. The molecule has 2 saturated heterocycles. The van der Waals surface area contributed by atoms with E-state index >= 15 is 0 Å². The molecule has 0 saturated carbocycles. The van der Waals surface area contributed by atoms with E-state index in [1.165, 1.54) is 22.6 Å². The molecule has 2 N–H and O–H groups in total. The van der Waals surface area contributed by atoms with Gasteiger partial charge in [-0.3, -0.25) is 14.4 Å². The zero-order valence-corrected chi connectivity index (χ0v) is 24.1. The summed E-state index contributed by atoms with van der Waals surface area (Å²) in [5.74, 6) is -0.167. The van der Waals surface area contributed by atoms with Crippen LogP contribution in [0.4, 0.5) is 17.1 Å². The molecule has 3 heterocycles. The number of thiophene rings is 1. The summed E-state index contributed by atoms with van der Waals surface area (Å²) in [5, 5.41) is 6.06. The average Bonchev–Trinajstić information content (AvgIpc) is 3.59. The van der Waals surface area contributed by atoms with Gasteiger partial charge < -0.3 is 25.3 Å². The molecule has 0 spiro atoms. The lowest BCUT2D eigenvalue weighted by Gasteiger charge is -2.38. The Morgan fingerprint density at radius 1 is 0.875 bits per heavy atom. The van der Waals surface area contributed by atoms with Crippen molar-refractivity contribution >= 4 is 46.1 Å². The maximum absolute atomic E-state index is 13.1. The molecule has 2 fully saturated rings. The van der Waals surface area contributed by atoms with Gasteiger partial charge in [0.25, 0.3) is 11.8 Å².